The molecule has 1 aliphatic rings. The standard InChI is InChI=1S/C10H11F6N3S/c11-9(12,13)7(10(14,15)16)6-5-18-8(20-6)19-3-1-17-2-4-19/h5,7,17H,1-4H2. The molecule has 0 aliphatic carbocycles. The lowest BCUT2D eigenvalue weighted by atomic mass is 10.1. The van der Waals surface area contributed by atoms with E-state index < -0.39 is 23.1 Å². The Labute approximate surface area is 114 Å². The molecule has 10 heteroatoms. The van der Waals surface area contributed by atoms with Crippen molar-refractivity contribution >= 4 is 16.5 Å². The summed E-state index contributed by atoms with van der Waals surface area (Å²) >= 11 is 0.448. The van der Waals surface area contributed by atoms with Gasteiger partial charge in [0.2, 0.25) is 0 Å². The fourth-order valence-corrected chi connectivity index (χ4v) is 3.04. The van der Waals surface area contributed by atoms with E-state index in [1.54, 1.807) is 4.90 Å². The minimum absolute atomic E-state index is 0.194. The Morgan fingerprint density at radius 3 is 2.15 bits per heavy atom. The smallest absolute Gasteiger partial charge is 0.346 e. The summed E-state index contributed by atoms with van der Waals surface area (Å²) < 4.78 is 75.5. The highest BCUT2D eigenvalue weighted by Crippen LogP contribution is 2.48. The molecule has 1 N–H and O–H groups in total. The van der Waals surface area contributed by atoms with E-state index >= 15 is 0 Å². The van der Waals surface area contributed by atoms with Gasteiger partial charge in [-0.2, -0.15) is 26.3 Å². The molecule has 20 heavy (non-hydrogen) atoms. The summed E-state index contributed by atoms with van der Waals surface area (Å²) in [5.74, 6) is -3.47. The van der Waals surface area contributed by atoms with Crippen LogP contribution < -0.4 is 10.2 Å². The van der Waals surface area contributed by atoms with Crippen LogP contribution in [0.2, 0.25) is 0 Å². The van der Waals surface area contributed by atoms with Gasteiger partial charge in [0.15, 0.2) is 11.0 Å². The van der Waals surface area contributed by atoms with Crippen LogP contribution in [0.4, 0.5) is 31.5 Å². The Kier molecular flexibility index (Phi) is 4.14. The van der Waals surface area contributed by atoms with Gasteiger partial charge in [-0.3, -0.25) is 0 Å². The van der Waals surface area contributed by atoms with Crippen LogP contribution in [-0.2, 0) is 0 Å². The summed E-state index contributed by atoms with van der Waals surface area (Å²) in [7, 11) is 0. The number of halogens is 6. The summed E-state index contributed by atoms with van der Waals surface area (Å²) in [5.41, 5.74) is 0. The lowest BCUT2D eigenvalue weighted by Gasteiger charge is -2.26. The summed E-state index contributed by atoms with van der Waals surface area (Å²) in [6.07, 6.45) is -10.1. The number of hydrogen-bond acceptors (Lipinski definition) is 4. The lowest BCUT2D eigenvalue weighted by Crippen LogP contribution is -2.43. The second-order valence-electron chi connectivity index (χ2n) is 4.30. The third-order valence-electron chi connectivity index (χ3n) is 2.84. The summed E-state index contributed by atoms with van der Waals surface area (Å²) in [6, 6.07) is 0. The normalized spacial score (nSPS) is 17.9. The highest BCUT2D eigenvalue weighted by molar-refractivity contribution is 7.15. The van der Waals surface area contributed by atoms with Crippen LogP contribution >= 0.6 is 11.3 Å². The molecule has 114 valence electrons. The summed E-state index contributed by atoms with van der Waals surface area (Å²) in [4.78, 5) is 4.56. The number of nitrogens with one attached hydrogen (secondary N) is 1. The first-order chi connectivity index (χ1) is 9.19. The number of hydrogen-bond donors (Lipinski definition) is 1. The number of rotatable bonds is 2. The van der Waals surface area contributed by atoms with Crippen molar-refractivity contribution in [1.82, 2.24) is 10.3 Å². The van der Waals surface area contributed by atoms with E-state index in [4.69, 9.17) is 0 Å². The monoisotopic (exact) mass is 319 g/mol. The minimum Gasteiger partial charge on any atom is -0.346 e. The van der Waals surface area contributed by atoms with Crippen LogP contribution in [-0.4, -0.2) is 43.5 Å². The molecule has 1 aromatic rings. The Morgan fingerprint density at radius 2 is 1.65 bits per heavy atom. The van der Waals surface area contributed by atoms with Crippen molar-refractivity contribution in [3.8, 4) is 0 Å². The zero-order valence-electron chi connectivity index (χ0n) is 10.1. The lowest BCUT2D eigenvalue weighted by molar-refractivity contribution is -0.252. The zero-order chi connectivity index (χ0) is 15.0. The third kappa shape index (κ3) is 3.35. The fraction of sp³-hybridized carbons (Fsp3) is 0.700. The molecule has 1 aromatic heterocycles. The van der Waals surface area contributed by atoms with E-state index in [9.17, 15) is 26.3 Å². The number of thiazole rings is 1. The predicted octanol–water partition coefficient (Wildman–Crippen LogP) is 2.76. The maximum atomic E-state index is 12.6. The molecule has 0 spiro atoms. The molecule has 1 saturated heterocycles. The average Bonchev–Trinajstić information content (AvgIpc) is 2.75. The molecule has 1 fully saturated rings. The van der Waals surface area contributed by atoms with Crippen LogP contribution in [0.25, 0.3) is 0 Å². The number of alkyl halides is 6. The van der Waals surface area contributed by atoms with Gasteiger partial charge >= 0.3 is 12.4 Å². The molecule has 0 atom stereocenters. The van der Waals surface area contributed by atoms with Crippen LogP contribution in [0.5, 0.6) is 0 Å². The molecule has 2 heterocycles. The molecule has 0 bridgehead atoms. The molecule has 1 aliphatic heterocycles. The van der Waals surface area contributed by atoms with Crippen molar-refractivity contribution in [2.45, 2.75) is 18.3 Å². The maximum Gasteiger partial charge on any atom is 0.405 e. The SMILES string of the molecule is FC(F)(F)C(c1cnc(N2CCNCC2)s1)C(F)(F)F. The van der Waals surface area contributed by atoms with Crippen molar-refractivity contribution < 1.29 is 26.3 Å². The molecule has 0 aromatic carbocycles. The topological polar surface area (TPSA) is 28.2 Å². The van der Waals surface area contributed by atoms with Crippen LogP contribution in [0, 0.1) is 0 Å². The van der Waals surface area contributed by atoms with Gasteiger partial charge in [0.1, 0.15) is 0 Å². The Bertz CT molecular complexity index is 435. The van der Waals surface area contributed by atoms with Gasteiger partial charge < -0.3 is 10.2 Å². The van der Waals surface area contributed by atoms with E-state index in [2.05, 4.69) is 10.3 Å². The van der Waals surface area contributed by atoms with Crippen LogP contribution in [0.3, 0.4) is 0 Å². The molecule has 3 nitrogen and oxygen atoms in total. The predicted molar refractivity (Wildman–Crippen MR) is 62.0 cm³/mol. The molecule has 2 rings (SSSR count). The van der Waals surface area contributed by atoms with E-state index in [1.807, 2.05) is 0 Å². The second kappa shape index (κ2) is 5.40. The van der Waals surface area contributed by atoms with Gasteiger partial charge in [-0.15, -0.1) is 11.3 Å². The molecular formula is C10H11F6N3S. The molecule has 0 radical (unpaired) electrons. The molecular weight excluding hydrogens is 308 g/mol. The van der Waals surface area contributed by atoms with Crippen molar-refractivity contribution in [3.05, 3.63) is 11.1 Å². The summed E-state index contributed by atoms with van der Waals surface area (Å²) in [6.45, 7) is 2.26. The van der Waals surface area contributed by atoms with E-state index in [1.165, 1.54) is 0 Å². The van der Waals surface area contributed by atoms with Gasteiger partial charge in [-0.05, 0) is 0 Å². The number of nitrogens with zero attached hydrogens (tertiary/aromatic N) is 2. The molecule has 0 unspecified atom stereocenters. The number of anilines is 1. The molecule has 0 saturated carbocycles. The van der Waals surface area contributed by atoms with Gasteiger partial charge in [0.25, 0.3) is 0 Å². The first-order valence-corrected chi connectivity index (χ1v) is 6.56. The van der Waals surface area contributed by atoms with E-state index in [0.717, 1.165) is 0 Å². The Morgan fingerprint density at radius 1 is 1.10 bits per heavy atom. The van der Waals surface area contributed by atoms with Crippen molar-refractivity contribution in [3.63, 3.8) is 0 Å². The van der Waals surface area contributed by atoms with Crippen molar-refractivity contribution in [1.29, 1.82) is 0 Å². The first kappa shape index (κ1) is 15.4. The Balaban J connectivity index is 2.25. The largest absolute Gasteiger partial charge is 0.405 e. The summed E-state index contributed by atoms with van der Waals surface area (Å²) in [5, 5.41) is 3.23. The highest BCUT2D eigenvalue weighted by atomic mass is 32.1. The quantitative estimate of drug-likeness (QED) is 0.850. The van der Waals surface area contributed by atoms with Gasteiger partial charge in [0, 0.05) is 37.3 Å². The maximum absolute atomic E-state index is 12.6. The van der Waals surface area contributed by atoms with Gasteiger partial charge in [0.05, 0.1) is 0 Å². The average molecular weight is 319 g/mol. The van der Waals surface area contributed by atoms with Crippen molar-refractivity contribution in [2.75, 3.05) is 31.1 Å². The number of aromatic nitrogens is 1. The highest BCUT2D eigenvalue weighted by Gasteiger charge is 2.58. The van der Waals surface area contributed by atoms with Gasteiger partial charge in [-0.1, -0.05) is 0 Å². The first-order valence-electron chi connectivity index (χ1n) is 5.74. The van der Waals surface area contributed by atoms with E-state index in [0.29, 0.717) is 43.7 Å². The zero-order valence-corrected chi connectivity index (χ0v) is 10.9. The van der Waals surface area contributed by atoms with E-state index in [-0.39, 0.29) is 5.13 Å². The Hall–Kier alpha value is -1.03. The van der Waals surface area contributed by atoms with Crippen molar-refractivity contribution in [2.24, 2.45) is 0 Å². The van der Waals surface area contributed by atoms with Crippen LogP contribution in [0.15, 0.2) is 6.20 Å². The fourth-order valence-electron chi connectivity index (χ4n) is 1.92. The third-order valence-corrected chi connectivity index (χ3v) is 3.96. The van der Waals surface area contributed by atoms with Crippen LogP contribution in [0.1, 0.15) is 10.8 Å². The minimum atomic E-state index is -5.37. The number of piperazine rings is 1. The second-order valence-corrected chi connectivity index (χ2v) is 5.34. The van der Waals surface area contributed by atoms with Gasteiger partial charge in [-0.25, -0.2) is 4.98 Å². The molecule has 0 amide bonds.